The number of aromatic nitrogens is 1. The molecule has 4 nitrogen and oxygen atoms in total. The summed E-state index contributed by atoms with van der Waals surface area (Å²) in [5.74, 6) is -0.743. The Morgan fingerprint density at radius 2 is 1.74 bits per heavy atom. The van der Waals surface area contributed by atoms with Crippen LogP contribution in [0, 0.1) is 18.7 Å². The topological polar surface area (TPSA) is 45.6 Å². The molecule has 1 atom stereocenters. The molecule has 176 valence electrons. The van der Waals surface area contributed by atoms with Crippen molar-refractivity contribution in [2.45, 2.75) is 33.2 Å². The van der Waals surface area contributed by atoms with Crippen LogP contribution in [0.2, 0.25) is 0 Å². The highest BCUT2D eigenvalue weighted by molar-refractivity contribution is 9.10. The Labute approximate surface area is 212 Å². The predicted octanol–water partition coefficient (Wildman–Crippen LogP) is 7.45. The lowest BCUT2D eigenvalue weighted by Gasteiger charge is -2.23. The summed E-state index contributed by atoms with van der Waals surface area (Å²) in [6.07, 6.45) is 0.404. The van der Waals surface area contributed by atoms with E-state index in [4.69, 9.17) is 10.1 Å². The van der Waals surface area contributed by atoms with Crippen molar-refractivity contribution in [3.8, 4) is 11.1 Å². The quantitative estimate of drug-likeness (QED) is 0.275. The van der Waals surface area contributed by atoms with Gasteiger partial charge in [0, 0.05) is 44.6 Å². The van der Waals surface area contributed by atoms with E-state index in [1.165, 1.54) is 11.1 Å². The summed E-state index contributed by atoms with van der Waals surface area (Å²) < 4.78 is 15.8. The molecule has 0 bridgehead atoms. The van der Waals surface area contributed by atoms with Crippen molar-refractivity contribution in [1.82, 2.24) is 9.99 Å². The zero-order valence-electron chi connectivity index (χ0n) is 19.8. The standard InChI is InChI=1S/C29H25BrFN3O/c1-17(2)29(35)34-26(21-11-7-8-12-23(21)31)16-25(33-34)27-18(3)32-24-14-13-20(30)15-22(24)28(27)19-9-5-4-6-10-19/h4-15,17,26H,16H2,1-3H3/t26-/m1/s1. The fourth-order valence-electron chi connectivity index (χ4n) is 4.73. The number of hydrazone groups is 1. The first kappa shape index (κ1) is 23.4. The zero-order valence-corrected chi connectivity index (χ0v) is 21.4. The molecule has 0 unspecified atom stereocenters. The van der Waals surface area contributed by atoms with E-state index in [-0.39, 0.29) is 17.6 Å². The van der Waals surface area contributed by atoms with E-state index in [2.05, 4.69) is 34.1 Å². The van der Waals surface area contributed by atoms with Gasteiger partial charge in [0.25, 0.3) is 0 Å². The molecular weight excluding hydrogens is 505 g/mol. The van der Waals surface area contributed by atoms with Gasteiger partial charge < -0.3 is 0 Å². The van der Waals surface area contributed by atoms with E-state index >= 15 is 0 Å². The van der Waals surface area contributed by atoms with Crippen molar-refractivity contribution in [1.29, 1.82) is 0 Å². The molecule has 1 amide bonds. The number of pyridine rings is 1. The van der Waals surface area contributed by atoms with Crippen LogP contribution in [0.1, 0.15) is 43.1 Å². The van der Waals surface area contributed by atoms with E-state index in [1.54, 1.807) is 18.2 Å². The minimum atomic E-state index is -0.512. The lowest BCUT2D eigenvalue weighted by Crippen LogP contribution is -2.31. The number of aryl methyl sites for hydroxylation is 1. The van der Waals surface area contributed by atoms with Crippen LogP contribution in [0.25, 0.3) is 22.0 Å². The van der Waals surface area contributed by atoms with Crippen LogP contribution in [0.3, 0.4) is 0 Å². The molecule has 0 saturated heterocycles. The number of amides is 1. The second-order valence-electron chi connectivity index (χ2n) is 9.10. The van der Waals surface area contributed by atoms with E-state index in [1.807, 2.05) is 51.1 Å². The molecule has 6 heteroatoms. The molecule has 0 fully saturated rings. The van der Waals surface area contributed by atoms with Crippen LogP contribution < -0.4 is 0 Å². The Bertz CT molecular complexity index is 1470. The van der Waals surface area contributed by atoms with Gasteiger partial charge in [-0.1, -0.05) is 78.3 Å². The maximum atomic E-state index is 14.9. The molecule has 35 heavy (non-hydrogen) atoms. The molecule has 1 aliphatic heterocycles. The van der Waals surface area contributed by atoms with Gasteiger partial charge in [-0.25, -0.2) is 9.40 Å². The number of carbonyl (C=O) groups excluding carboxylic acids is 1. The molecule has 0 saturated carbocycles. The molecule has 1 aliphatic rings. The number of halogens is 2. The number of benzene rings is 3. The van der Waals surface area contributed by atoms with E-state index in [0.29, 0.717) is 12.0 Å². The van der Waals surface area contributed by atoms with Gasteiger partial charge in [-0.3, -0.25) is 9.78 Å². The number of nitrogens with zero attached hydrogens (tertiary/aromatic N) is 3. The Balaban J connectivity index is 1.75. The van der Waals surface area contributed by atoms with Crippen molar-refractivity contribution in [3.63, 3.8) is 0 Å². The number of carbonyl (C=O) groups is 1. The number of rotatable bonds is 4. The van der Waals surface area contributed by atoms with Crippen LogP contribution in [0.5, 0.6) is 0 Å². The first-order valence-electron chi connectivity index (χ1n) is 11.7. The summed E-state index contributed by atoms with van der Waals surface area (Å²) in [5, 5.41) is 7.30. The van der Waals surface area contributed by atoms with Crippen molar-refractivity contribution in [3.05, 3.63) is 99.9 Å². The summed E-state index contributed by atoms with van der Waals surface area (Å²) in [6, 6.07) is 22.3. The lowest BCUT2D eigenvalue weighted by atomic mass is 9.89. The van der Waals surface area contributed by atoms with Crippen LogP contribution >= 0.6 is 15.9 Å². The number of hydrogen-bond acceptors (Lipinski definition) is 3. The van der Waals surface area contributed by atoms with Crippen molar-refractivity contribution < 1.29 is 9.18 Å². The first-order valence-corrected chi connectivity index (χ1v) is 12.4. The highest BCUT2D eigenvalue weighted by atomic mass is 79.9. The third-order valence-electron chi connectivity index (χ3n) is 6.37. The third kappa shape index (κ3) is 4.27. The predicted molar refractivity (Wildman–Crippen MR) is 142 cm³/mol. The Morgan fingerprint density at radius 1 is 1.03 bits per heavy atom. The van der Waals surface area contributed by atoms with Gasteiger partial charge in [-0.2, -0.15) is 5.10 Å². The summed E-state index contributed by atoms with van der Waals surface area (Å²) in [5.41, 5.74) is 5.85. The highest BCUT2D eigenvalue weighted by Crippen LogP contribution is 2.40. The first-order chi connectivity index (χ1) is 16.8. The van der Waals surface area contributed by atoms with Gasteiger partial charge in [-0.15, -0.1) is 0 Å². The smallest absolute Gasteiger partial charge is 0.245 e. The van der Waals surface area contributed by atoms with Crippen molar-refractivity contribution in [2.75, 3.05) is 0 Å². The SMILES string of the molecule is Cc1nc2ccc(Br)cc2c(-c2ccccc2)c1C1=NN(C(=O)C(C)C)[C@@H](c2ccccc2F)C1. The minimum absolute atomic E-state index is 0.135. The molecule has 1 aromatic heterocycles. The van der Waals surface area contributed by atoms with E-state index < -0.39 is 6.04 Å². The Kier molecular flexibility index (Phi) is 6.24. The van der Waals surface area contributed by atoms with Crippen LogP contribution in [0.4, 0.5) is 4.39 Å². The summed E-state index contributed by atoms with van der Waals surface area (Å²) in [7, 11) is 0. The molecule has 5 rings (SSSR count). The monoisotopic (exact) mass is 529 g/mol. The molecule has 0 radical (unpaired) electrons. The van der Waals surface area contributed by atoms with Gasteiger partial charge in [0.15, 0.2) is 0 Å². The van der Waals surface area contributed by atoms with Crippen LogP contribution in [-0.2, 0) is 4.79 Å². The fourth-order valence-corrected chi connectivity index (χ4v) is 5.09. The van der Waals surface area contributed by atoms with Crippen molar-refractivity contribution in [2.24, 2.45) is 11.0 Å². The Hall–Kier alpha value is -3.38. The van der Waals surface area contributed by atoms with E-state index in [9.17, 15) is 9.18 Å². The maximum Gasteiger partial charge on any atom is 0.245 e. The fraction of sp³-hybridized carbons (Fsp3) is 0.207. The van der Waals surface area contributed by atoms with Gasteiger partial charge in [0.2, 0.25) is 5.91 Å². The normalized spacial score (nSPS) is 15.7. The van der Waals surface area contributed by atoms with Gasteiger partial charge in [0.1, 0.15) is 5.82 Å². The molecule has 4 aromatic rings. The molecule has 0 N–H and O–H groups in total. The van der Waals surface area contributed by atoms with Gasteiger partial charge in [-0.05, 0) is 36.8 Å². The molecular formula is C29H25BrFN3O. The highest BCUT2D eigenvalue weighted by Gasteiger charge is 2.37. The zero-order chi connectivity index (χ0) is 24.7. The van der Waals surface area contributed by atoms with Crippen LogP contribution in [-0.4, -0.2) is 21.6 Å². The maximum absolute atomic E-state index is 14.9. The summed E-state index contributed by atoms with van der Waals surface area (Å²) in [6.45, 7) is 5.64. The number of hydrogen-bond donors (Lipinski definition) is 0. The largest absolute Gasteiger partial charge is 0.273 e. The Morgan fingerprint density at radius 3 is 2.46 bits per heavy atom. The summed E-state index contributed by atoms with van der Waals surface area (Å²) in [4.78, 5) is 18.1. The summed E-state index contributed by atoms with van der Waals surface area (Å²) >= 11 is 3.61. The second kappa shape index (κ2) is 9.34. The second-order valence-corrected chi connectivity index (χ2v) is 10.0. The van der Waals surface area contributed by atoms with Crippen LogP contribution in [0.15, 0.2) is 82.4 Å². The lowest BCUT2D eigenvalue weighted by molar-refractivity contribution is -0.136. The molecule has 0 aliphatic carbocycles. The molecule has 2 heterocycles. The minimum Gasteiger partial charge on any atom is -0.273 e. The average molecular weight is 530 g/mol. The molecule has 3 aromatic carbocycles. The van der Waals surface area contributed by atoms with Gasteiger partial charge >= 0.3 is 0 Å². The van der Waals surface area contributed by atoms with Gasteiger partial charge in [0.05, 0.1) is 17.3 Å². The van der Waals surface area contributed by atoms with Crippen molar-refractivity contribution >= 4 is 38.5 Å². The average Bonchev–Trinajstić information content (AvgIpc) is 3.28. The van der Waals surface area contributed by atoms with E-state index in [0.717, 1.165) is 43.5 Å². The third-order valence-corrected chi connectivity index (χ3v) is 6.87. The number of fused-ring (bicyclic) bond motifs is 1. The molecule has 0 spiro atoms.